The molecule has 0 saturated carbocycles. The number of rotatable bonds is 5. The normalized spacial score (nSPS) is 10.1. The molecule has 20 heavy (non-hydrogen) atoms. The molecule has 0 N–H and O–H groups in total. The summed E-state index contributed by atoms with van der Waals surface area (Å²) in [6.07, 6.45) is 0. The molecule has 0 bridgehead atoms. The van der Waals surface area contributed by atoms with Crippen LogP contribution in [-0.2, 0) is 10.5 Å². The van der Waals surface area contributed by atoms with Crippen LogP contribution in [0.15, 0.2) is 47.5 Å². The molecule has 5 heteroatoms. The van der Waals surface area contributed by atoms with E-state index in [1.165, 1.54) is 12.7 Å². The zero-order valence-corrected chi connectivity index (χ0v) is 12.1. The molecule has 1 heterocycles. The van der Waals surface area contributed by atoms with Crippen molar-refractivity contribution in [1.82, 2.24) is 4.98 Å². The predicted octanol–water partition coefficient (Wildman–Crippen LogP) is 3.17. The van der Waals surface area contributed by atoms with Crippen LogP contribution in [0.3, 0.4) is 0 Å². The van der Waals surface area contributed by atoms with E-state index in [-0.39, 0.29) is 0 Å². The van der Waals surface area contributed by atoms with Gasteiger partial charge in [-0.1, -0.05) is 18.2 Å². The van der Waals surface area contributed by atoms with Crippen LogP contribution < -0.4 is 4.74 Å². The van der Waals surface area contributed by atoms with Crippen LogP contribution in [0, 0.1) is 0 Å². The van der Waals surface area contributed by atoms with E-state index in [1.807, 2.05) is 30.3 Å². The van der Waals surface area contributed by atoms with Gasteiger partial charge >= 0.3 is 5.97 Å². The molecule has 0 aliphatic heterocycles. The van der Waals surface area contributed by atoms with E-state index >= 15 is 0 Å². The number of methoxy groups -OCH3 is 2. The Hall–Kier alpha value is -2.01. The Morgan fingerprint density at radius 2 is 1.90 bits per heavy atom. The van der Waals surface area contributed by atoms with E-state index < -0.39 is 5.97 Å². The second-order valence-electron chi connectivity index (χ2n) is 3.99. The maximum atomic E-state index is 11.4. The van der Waals surface area contributed by atoms with E-state index in [0.717, 1.165) is 16.5 Å². The number of carbonyl (C=O) groups excluding carboxylic acids is 1. The number of nitrogens with zero attached hydrogens (tertiary/aromatic N) is 1. The number of aromatic nitrogens is 1. The van der Waals surface area contributed by atoms with Gasteiger partial charge in [0.1, 0.15) is 11.4 Å². The summed E-state index contributed by atoms with van der Waals surface area (Å²) in [4.78, 5) is 15.7. The summed E-state index contributed by atoms with van der Waals surface area (Å²) >= 11 is 1.57. The number of pyridine rings is 1. The fourth-order valence-electron chi connectivity index (χ4n) is 1.59. The Labute approximate surface area is 122 Å². The highest BCUT2D eigenvalue weighted by atomic mass is 32.2. The SMILES string of the molecule is COC(=O)c1cccc(SCc2ccc(OC)cc2)n1. The van der Waals surface area contributed by atoms with Crippen molar-refractivity contribution in [3.05, 3.63) is 53.7 Å². The van der Waals surface area contributed by atoms with Crippen LogP contribution in [0.1, 0.15) is 16.1 Å². The van der Waals surface area contributed by atoms with E-state index in [2.05, 4.69) is 9.72 Å². The minimum atomic E-state index is -0.420. The topological polar surface area (TPSA) is 48.4 Å². The van der Waals surface area contributed by atoms with Crippen molar-refractivity contribution in [1.29, 1.82) is 0 Å². The monoisotopic (exact) mass is 289 g/mol. The molecule has 0 unspecified atom stereocenters. The molecule has 1 aromatic carbocycles. The summed E-state index contributed by atoms with van der Waals surface area (Å²) in [7, 11) is 2.99. The quantitative estimate of drug-likeness (QED) is 0.625. The summed E-state index contributed by atoms with van der Waals surface area (Å²) < 4.78 is 9.77. The first-order valence-electron chi connectivity index (χ1n) is 6.04. The lowest BCUT2D eigenvalue weighted by molar-refractivity contribution is 0.0593. The van der Waals surface area contributed by atoms with Crippen LogP contribution in [0.5, 0.6) is 5.75 Å². The predicted molar refractivity (Wildman–Crippen MR) is 78.1 cm³/mol. The molecule has 2 aromatic rings. The zero-order chi connectivity index (χ0) is 14.4. The largest absolute Gasteiger partial charge is 0.497 e. The van der Waals surface area contributed by atoms with Gasteiger partial charge in [-0.15, -0.1) is 11.8 Å². The minimum Gasteiger partial charge on any atom is -0.497 e. The number of thioether (sulfide) groups is 1. The molecule has 0 aliphatic rings. The number of carbonyl (C=O) groups is 1. The second kappa shape index (κ2) is 6.96. The molecule has 4 nitrogen and oxygen atoms in total. The molecule has 0 amide bonds. The van der Waals surface area contributed by atoms with Crippen LogP contribution in [-0.4, -0.2) is 25.2 Å². The van der Waals surface area contributed by atoms with Crippen molar-refractivity contribution < 1.29 is 14.3 Å². The van der Waals surface area contributed by atoms with Gasteiger partial charge in [0.15, 0.2) is 0 Å². The Morgan fingerprint density at radius 1 is 1.15 bits per heavy atom. The molecular formula is C15H15NO3S. The smallest absolute Gasteiger partial charge is 0.356 e. The number of hydrogen-bond donors (Lipinski definition) is 0. The van der Waals surface area contributed by atoms with Gasteiger partial charge in [0, 0.05) is 5.75 Å². The van der Waals surface area contributed by atoms with Gasteiger partial charge in [-0.3, -0.25) is 0 Å². The third-order valence-electron chi connectivity index (χ3n) is 2.66. The van der Waals surface area contributed by atoms with Crippen LogP contribution in [0.4, 0.5) is 0 Å². The highest BCUT2D eigenvalue weighted by Gasteiger charge is 2.07. The Kier molecular flexibility index (Phi) is 5.01. The maximum Gasteiger partial charge on any atom is 0.356 e. The zero-order valence-electron chi connectivity index (χ0n) is 11.3. The molecule has 0 radical (unpaired) electrons. The van der Waals surface area contributed by atoms with Crippen molar-refractivity contribution in [2.24, 2.45) is 0 Å². The molecule has 0 aliphatic carbocycles. The molecular weight excluding hydrogens is 274 g/mol. The summed E-state index contributed by atoms with van der Waals surface area (Å²) in [5.41, 5.74) is 1.49. The summed E-state index contributed by atoms with van der Waals surface area (Å²) in [5.74, 6) is 1.20. The number of benzene rings is 1. The van der Waals surface area contributed by atoms with Crippen molar-refractivity contribution in [3.63, 3.8) is 0 Å². The first kappa shape index (κ1) is 14.4. The second-order valence-corrected chi connectivity index (χ2v) is 4.99. The third-order valence-corrected chi connectivity index (χ3v) is 3.66. The molecule has 0 atom stereocenters. The molecule has 104 valence electrons. The average Bonchev–Trinajstić information content (AvgIpc) is 2.53. The van der Waals surface area contributed by atoms with Crippen LogP contribution in [0.2, 0.25) is 0 Å². The van der Waals surface area contributed by atoms with Crippen LogP contribution >= 0.6 is 11.8 Å². The summed E-state index contributed by atoms with van der Waals surface area (Å²) in [6, 6.07) is 13.2. The number of ether oxygens (including phenoxy) is 2. The molecule has 0 fully saturated rings. The minimum absolute atomic E-state index is 0.326. The average molecular weight is 289 g/mol. The Morgan fingerprint density at radius 3 is 2.55 bits per heavy atom. The summed E-state index contributed by atoms with van der Waals surface area (Å²) in [5, 5.41) is 0.795. The van der Waals surface area contributed by atoms with Crippen molar-refractivity contribution >= 4 is 17.7 Å². The Balaban J connectivity index is 2.01. The third kappa shape index (κ3) is 3.74. The summed E-state index contributed by atoms with van der Waals surface area (Å²) in [6.45, 7) is 0. The number of esters is 1. The Bertz CT molecular complexity index is 584. The standard InChI is InChI=1S/C15H15NO3S/c1-18-12-8-6-11(7-9-12)10-20-14-5-3-4-13(16-14)15(17)19-2/h3-9H,10H2,1-2H3. The van der Waals surface area contributed by atoms with E-state index in [0.29, 0.717) is 5.69 Å². The van der Waals surface area contributed by atoms with Crippen molar-refractivity contribution in [2.75, 3.05) is 14.2 Å². The fraction of sp³-hybridized carbons (Fsp3) is 0.200. The van der Waals surface area contributed by atoms with Gasteiger partial charge in [-0.25, -0.2) is 9.78 Å². The van der Waals surface area contributed by atoms with Gasteiger partial charge in [-0.2, -0.15) is 0 Å². The van der Waals surface area contributed by atoms with E-state index in [9.17, 15) is 4.79 Å². The fourth-order valence-corrected chi connectivity index (χ4v) is 2.44. The van der Waals surface area contributed by atoms with E-state index in [1.54, 1.807) is 31.0 Å². The lowest BCUT2D eigenvalue weighted by Gasteiger charge is -2.04. The van der Waals surface area contributed by atoms with Gasteiger partial charge in [0.05, 0.1) is 19.2 Å². The van der Waals surface area contributed by atoms with Gasteiger partial charge < -0.3 is 9.47 Å². The first-order valence-corrected chi connectivity index (χ1v) is 7.02. The molecule has 0 saturated heterocycles. The van der Waals surface area contributed by atoms with Crippen LogP contribution in [0.25, 0.3) is 0 Å². The number of hydrogen-bond acceptors (Lipinski definition) is 5. The van der Waals surface area contributed by atoms with Gasteiger partial charge in [0.25, 0.3) is 0 Å². The molecule has 1 aromatic heterocycles. The van der Waals surface area contributed by atoms with Crippen molar-refractivity contribution in [3.8, 4) is 5.75 Å². The molecule has 2 rings (SSSR count). The van der Waals surface area contributed by atoms with Crippen molar-refractivity contribution in [2.45, 2.75) is 10.8 Å². The maximum absolute atomic E-state index is 11.4. The lowest BCUT2D eigenvalue weighted by atomic mass is 10.2. The highest BCUT2D eigenvalue weighted by Crippen LogP contribution is 2.22. The van der Waals surface area contributed by atoms with Gasteiger partial charge in [0.2, 0.25) is 0 Å². The first-order chi connectivity index (χ1) is 9.72. The van der Waals surface area contributed by atoms with E-state index in [4.69, 9.17) is 4.74 Å². The molecule has 0 spiro atoms. The lowest BCUT2D eigenvalue weighted by Crippen LogP contribution is -2.04. The highest BCUT2D eigenvalue weighted by molar-refractivity contribution is 7.98. The van der Waals surface area contributed by atoms with Gasteiger partial charge in [-0.05, 0) is 29.8 Å².